The zero-order valence-corrected chi connectivity index (χ0v) is 19.9. The predicted molar refractivity (Wildman–Crippen MR) is 127 cm³/mol. The number of alkyl carbamates (subject to hydrolysis) is 1. The average Bonchev–Trinajstić information content (AvgIpc) is 3.22. The highest BCUT2D eigenvalue weighted by atomic mass is 16.6. The van der Waals surface area contributed by atoms with Gasteiger partial charge in [-0.05, 0) is 65.5 Å². The fraction of sp³-hybridized carbons (Fsp3) is 0.520. The number of nitrogens with zero attached hydrogens (tertiary/aromatic N) is 3. The van der Waals surface area contributed by atoms with Crippen LogP contribution in [0.2, 0.25) is 0 Å². The van der Waals surface area contributed by atoms with Crippen LogP contribution in [0.1, 0.15) is 62.2 Å². The number of benzene rings is 1. The largest absolute Gasteiger partial charge is 0.444 e. The van der Waals surface area contributed by atoms with E-state index in [0.717, 1.165) is 55.1 Å². The molecular weight excluding hydrogens is 418 g/mol. The van der Waals surface area contributed by atoms with E-state index in [-0.39, 0.29) is 12.5 Å². The van der Waals surface area contributed by atoms with Crippen molar-refractivity contribution in [3.05, 3.63) is 41.1 Å². The van der Waals surface area contributed by atoms with E-state index >= 15 is 0 Å². The summed E-state index contributed by atoms with van der Waals surface area (Å²) in [6, 6.07) is 8.04. The Morgan fingerprint density at radius 2 is 1.94 bits per heavy atom. The maximum absolute atomic E-state index is 12.7. The van der Waals surface area contributed by atoms with Gasteiger partial charge in [0.05, 0.1) is 5.69 Å². The number of carbonyl (C=O) groups excluding carboxylic acids is 2. The Bertz CT molecular complexity index is 1050. The quantitative estimate of drug-likeness (QED) is 0.653. The molecule has 1 aromatic carbocycles. The Balaban J connectivity index is 1.44. The van der Waals surface area contributed by atoms with E-state index in [0.29, 0.717) is 18.2 Å². The summed E-state index contributed by atoms with van der Waals surface area (Å²) in [7, 11) is 0. The highest BCUT2D eigenvalue weighted by Gasteiger charge is 2.29. The second-order valence-corrected chi connectivity index (χ2v) is 9.75. The number of anilines is 1. The standard InChI is InChI=1S/C25H33N5O3/c1-16-11-14-30(16)23-28-20-10-6-9-19(20)21(29-23)17-7-5-8-18(15-17)22(31)26-12-13-27-24(32)33-25(2,3)4/h5,7-8,15-16H,6,9-14H2,1-4H3,(H,26,31)(H,27,32)/t16-/m0/s1. The van der Waals surface area contributed by atoms with Crippen molar-refractivity contribution in [2.75, 3.05) is 24.5 Å². The highest BCUT2D eigenvalue weighted by Crippen LogP contribution is 2.34. The SMILES string of the molecule is C[C@H]1CCN1c1nc2c(c(-c3cccc(C(=O)NCCNC(=O)OC(C)(C)C)c3)n1)CCC2. The molecule has 176 valence electrons. The lowest BCUT2D eigenvalue weighted by molar-refractivity contribution is 0.0526. The van der Waals surface area contributed by atoms with Crippen LogP contribution in [0.5, 0.6) is 0 Å². The van der Waals surface area contributed by atoms with Gasteiger partial charge in [0.1, 0.15) is 5.60 Å². The third kappa shape index (κ3) is 5.43. The molecule has 2 N–H and O–H groups in total. The van der Waals surface area contributed by atoms with Gasteiger partial charge < -0.3 is 20.3 Å². The Morgan fingerprint density at radius 3 is 2.64 bits per heavy atom. The van der Waals surface area contributed by atoms with Crippen LogP contribution in [0.3, 0.4) is 0 Å². The van der Waals surface area contributed by atoms with Gasteiger partial charge >= 0.3 is 6.09 Å². The van der Waals surface area contributed by atoms with Crippen molar-refractivity contribution >= 4 is 17.9 Å². The van der Waals surface area contributed by atoms with Crippen molar-refractivity contribution in [1.82, 2.24) is 20.6 Å². The van der Waals surface area contributed by atoms with E-state index in [2.05, 4.69) is 22.5 Å². The van der Waals surface area contributed by atoms with E-state index in [1.54, 1.807) is 6.07 Å². The van der Waals surface area contributed by atoms with E-state index in [1.165, 1.54) is 5.56 Å². The summed E-state index contributed by atoms with van der Waals surface area (Å²) in [6.45, 7) is 9.20. The molecule has 33 heavy (non-hydrogen) atoms. The number of carbonyl (C=O) groups is 2. The molecule has 0 saturated carbocycles. The Labute approximate surface area is 195 Å². The van der Waals surface area contributed by atoms with Gasteiger partial charge in [-0.3, -0.25) is 4.79 Å². The Hall–Kier alpha value is -3.16. The van der Waals surface area contributed by atoms with Gasteiger partial charge in [-0.25, -0.2) is 14.8 Å². The van der Waals surface area contributed by atoms with Gasteiger partial charge in [-0.1, -0.05) is 12.1 Å². The highest BCUT2D eigenvalue weighted by molar-refractivity contribution is 5.95. The molecule has 2 aliphatic rings. The summed E-state index contributed by atoms with van der Waals surface area (Å²) in [5, 5.41) is 5.50. The van der Waals surface area contributed by atoms with Gasteiger partial charge in [-0.2, -0.15) is 0 Å². The van der Waals surface area contributed by atoms with Crippen molar-refractivity contribution in [2.24, 2.45) is 0 Å². The fourth-order valence-corrected chi connectivity index (χ4v) is 4.16. The number of aryl methyl sites for hydroxylation is 1. The molecule has 0 bridgehead atoms. The number of hydrogen-bond donors (Lipinski definition) is 2. The molecular formula is C25H33N5O3. The molecule has 0 spiro atoms. The van der Waals surface area contributed by atoms with Crippen LogP contribution in [-0.4, -0.2) is 53.2 Å². The third-order valence-corrected chi connectivity index (χ3v) is 5.98. The lowest BCUT2D eigenvalue weighted by atomic mass is 10.0. The second kappa shape index (κ2) is 9.37. The number of ether oxygens (including phenoxy) is 1. The summed E-state index contributed by atoms with van der Waals surface area (Å²) in [6.07, 6.45) is 3.69. The molecule has 2 heterocycles. The smallest absolute Gasteiger partial charge is 0.407 e. The summed E-state index contributed by atoms with van der Waals surface area (Å²) in [4.78, 5) is 36.5. The number of rotatable bonds is 6. The summed E-state index contributed by atoms with van der Waals surface area (Å²) >= 11 is 0. The van der Waals surface area contributed by atoms with Gasteiger partial charge in [-0.15, -0.1) is 0 Å². The van der Waals surface area contributed by atoms with E-state index in [1.807, 2.05) is 39.0 Å². The van der Waals surface area contributed by atoms with Gasteiger partial charge in [0.25, 0.3) is 5.91 Å². The molecule has 8 heteroatoms. The van der Waals surface area contributed by atoms with Crippen molar-refractivity contribution in [3.63, 3.8) is 0 Å². The molecule has 0 radical (unpaired) electrons. The van der Waals surface area contributed by atoms with Crippen LogP contribution in [0.15, 0.2) is 24.3 Å². The van der Waals surface area contributed by atoms with Crippen LogP contribution in [0.25, 0.3) is 11.3 Å². The molecule has 1 atom stereocenters. The molecule has 1 saturated heterocycles. The van der Waals surface area contributed by atoms with Crippen molar-refractivity contribution < 1.29 is 14.3 Å². The Kier molecular flexibility index (Phi) is 6.54. The maximum atomic E-state index is 12.7. The molecule has 1 fully saturated rings. The molecule has 1 aliphatic heterocycles. The van der Waals surface area contributed by atoms with Crippen LogP contribution in [-0.2, 0) is 17.6 Å². The number of fused-ring (bicyclic) bond motifs is 1. The number of aromatic nitrogens is 2. The van der Waals surface area contributed by atoms with Crippen LogP contribution < -0.4 is 15.5 Å². The van der Waals surface area contributed by atoms with E-state index < -0.39 is 11.7 Å². The minimum atomic E-state index is -0.553. The molecule has 2 aromatic rings. The first-order chi connectivity index (χ1) is 15.7. The first kappa shape index (κ1) is 23.0. The number of amides is 2. The first-order valence-corrected chi connectivity index (χ1v) is 11.7. The van der Waals surface area contributed by atoms with Crippen LogP contribution >= 0.6 is 0 Å². The van der Waals surface area contributed by atoms with Gasteiger partial charge in [0, 0.05) is 48.1 Å². The zero-order chi connectivity index (χ0) is 23.6. The van der Waals surface area contributed by atoms with Gasteiger partial charge in [0.15, 0.2) is 0 Å². The normalized spacial score (nSPS) is 17.2. The fourth-order valence-electron chi connectivity index (χ4n) is 4.16. The van der Waals surface area contributed by atoms with Crippen LogP contribution in [0, 0.1) is 0 Å². The third-order valence-electron chi connectivity index (χ3n) is 5.98. The monoisotopic (exact) mass is 451 g/mol. The maximum Gasteiger partial charge on any atom is 0.407 e. The van der Waals surface area contributed by atoms with E-state index in [4.69, 9.17) is 14.7 Å². The minimum Gasteiger partial charge on any atom is -0.444 e. The minimum absolute atomic E-state index is 0.190. The number of hydrogen-bond acceptors (Lipinski definition) is 6. The van der Waals surface area contributed by atoms with Crippen molar-refractivity contribution in [2.45, 2.75) is 65.0 Å². The molecule has 0 unspecified atom stereocenters. The number of nitrogens with one attached hydrogen (secondary N) is 2. The van der Waals surface area contributed by atoms with E-state index in [9.17, 15) is 9.59 Å². The lowest BCUT2D eigenvalue weighted by Crippen LogP contribution is -2.46. The lowest BCUT2D eigenvalue weighted by Gasteiger charge is -2.39. The molecule has 1 aromatic heterocycles. The van der Waals surface area contributed by atoms with Gasteiger partial charge in [0.2, 0.25) is 5.95 Å². The average molecular weight is 452 g/mol. The molecule has 1 aliphatic carbocycles. The first-order valence-electron chi connectivity index (χ1n) is 11.7. The molecule has 4 rings (SSSR count). The van der Waals surface area contributed by atoms with Crippen molar-refractivity contribution in [1.29, 1.82) is 0 Å². The summed E-state index contributed by atoms with van der Waals surface area (Å²) in [5.41, 5.74) is 4.22. The van der Waals surface area contributed by atoms with Crippen molar-refractivity contribution in [3.8, 4) is 11.3 Å². The predicted octanol–water partition coefficient (Wildman–Crippen LogP) is 3.49. The summed E-state index contributed by atoms with van der Waals surface area (Å²) in [5.74, 6) is 0.609. The molecule has 8 nitrogen and oxygen atoms in total. The summed E-state index contributed by atoms with van der Waals surface area (Å²) < 4.78 is 5.20. The zero-order valence-electron chi connectivity index (χ0n) is 19.9. The topological polar surface area (TPSA) is 96.5 Å². The second-order valence-electron chi connectivity index (χ2n) is 9.75. The van der Waals surface area contributed by atoms with Crippen LogP contribution in [0.4, 0.5) is 10.7 Å². The molecule has 2 amide bonds. The Morgan fingerprint density at radius 1 is 1.15 bits per heavy atom.